The fourth-order valence-electron chi connectivity index (χ4n) is 3.30. The lowest BCUT2D eigenvalue weighted by molar-refractivity contribution is -0.140. The summed E-state index contributed by atoms with van der Waals surface area (Å²) in [5, 5.41) is 0. The van der Waals surface area contributed by atoms with Crippen molar-refractivity contribution >= 4 is 5.97 Å². The van der Waals surface area contributed by atoms with Gasteiger partial charge in [0.15, 0.2) is 0 Å². The summed E-state index contributed by atoms with van der Waals surface area (Å²) in [6.45, 7) is 10.4. The third-order valence-corrected chi connectivity index (χ3v) is 4.71. The van der Waals surface area contributed by atoms with Crippen LogP contribution in [0.2, 0.25) is 0 Å². The quantitative estimate of drug-likeness (QED) is 0.455. The van der Waals surface area contributed by atoms with E-state index in [1.54, 1.807) is 6.92 Å². The molecule has 0 aromatic heterocycles. The first kappa shape index (κ1) is 17.3. The number of carbonyl (C=O) groups is 1. The fourth-order valence-corrected chi connectivity index (χ4v) is 3.30. The minimum Gasteiger partial charge on any atom is -0.462 e. The maximum atomic E-state index is 11.4. The molecular formula is C18H32O2. The lowest BCUT2D eigenvalue weighted by atomic mass is 9.76. The zero-order valence-corrected chi connectivity index (χ0v) is 13.6. The van der Waals surface area contributed by atoms with Gasteiger partial charge in [0.05, 0.1) is 6.61 Å². The lowest BCUT2D eigenvalue weighted by Crippen LogP contribution is -2.21. The van der Waals surface area contributed by atoms with Crippen molar-refractivity contribution < 1.29 is 9.53 Å². The van der Waals surface area contributed by atoms with Crippen LogP contribution in [0, 0.1) is 17.8 Å². The molecule has 0 saturated heterocycles. The molecule has 1 fully saturated rings. The zero-order chi connectivity index (χ0) is 15.0. The molecular weight excluding hydrogens is 248 g/mol. The van der Waals surface area contributed by atoms with Gasteiger partial charge in [0.2, 0.25) is 0 Å². The van der Waals surface area contributed by atoms with Gasteiger partial charge in [0.1, 0.15) is 0 Å². The minimum absolute atomic E-state index is 0.241. The van der Waals surface area contributed by atoms with Gasteiger partial charge in [0.25, 0.3) is 0 Å². The van der Waals surface area contributed by atoms with Crippen molar-refractivity contribution in [3.05, 3.63) is 12.2 Å². The molecule has 116 valence electrons. The van der Waals surface area contributed by atoms with Gasteiger partial charge in [-0.1, -0.05) is 65.4 Å². The molecule has 0 N–H and O–H groups in total. The van der Waals surface area contributed by atoms with E-state index in [1.165, 1.54) is 44.9 Å². The highest BCUT2D eigenvalue weighted by Gasteiger charge is 2.23. The highest BCUT2D eigenvalue weighted by Crippen LogP contribution is 2.35. The van der Waals surface area contributed by atoms with Crippen molar-refractivity contribution in [1.29, 1.82) is 0 Å². The van der Waals surface area contributed by atoms with Crippen molar-refractivity contribution in [3.8, 4) is 0 Å². The number of ether oxygens (including phenoxy) is 1. The molecule has 1 aliphatic rings. The first-order chi connectivity index (χ1) is 9.56. The van der Waals surface area contributed by atoms with E-state index in [9.17, 15) is 4.79 Å². The molecule has 2 heteroatoms. The maximum Gasteiger partial charge on any atom is 0.333 e. The molecule has 0 heterocycles. The molecule has 2 nitrogen and oxygen atoms in total. The summed E-state index contributed by atoms with van der Waals surface area (Å²) in [6, 6.07) is 0. The predicted molar refractivity (Wildman–Crippen MR) is 84.5 cm³/mol. The Hall–Kier alpha value is -0.790. The Balaban J connectivity index is 2.27. The Labute approximate surface area is 125 Å². The van der Waals surface area contributed by atoms with Gasteiger partial charge in [0, 0.05) is 5.57 Å². The van der Waals surface area contributed by atoms with Crippen molar-refractivity contribution in [1.82, 2.24) is 0 Å². The van der Waals surface area contributed by atoms with Crippen molar-refractivity contribution in [2.24, 2.45) is 17.8 Å². The van der Waals surface area contributed by atoms with Gasteiger partial charge in [-0.05, 0) is 31.1 Å². The largest absolute Gasteiger partial charge is 0.462 e. The second-order valence-corrected chi connectivity index (χ2v) is 6.56. The summed E-state index contributed by atoms with van der Waals surface area (Å²) in [5.74, 6) is 2.09. The van der Waals surface area contributed by atoms with Crippen LogP contribution in [0.15, 0.2) is 12.2 Å². The van der Waals surface area contributed by atoms with E-state index in [0.29, 0.717) is 18.1 Å². The van der Waals surface area contributed by atoms with Gasteiger partial charge in [-0.25, -0.2) is 4.79 Å². The van der Waals surface area contributed by atoms with Crippen molar-refractivity contribution in [2.75, 3.05) is 6.61 Å². The zero-order valence-electron chi connectivity index (χ0n) is 13.6. The summed E-state index contributed by atoms with van der Waals surface area (Å²) in [4.78, 5) is 11.4. The van der Waals surface area contributed by atoms with Crippen LogP contribution >= 0.6 is 0 Å². The van der Waals surface area contributed by atoms with Crippen LogP contribution in [0.25, 0.3) is 0 Å². The molecule has 1 aliphatic carbocycles. The molecule has 1 rings (SSSR count). The van der Waals surface area contributed by atoms with Crippen LogP contribution in [0.3, 0.4) is 0 Å². The molecule has 0 bridgehead atoms. The Morgan fingerprint density at radius 1 is 1.20 bits per heavy atom. The first-order valence-electron chi connectivity index (χ1n) is 8.39. The Kier molecular flexibility index (Phi) is 7.94. The minimum atomic E-state index is -0.241. The van der Waals surface area contributed by atoms with Crippen LogP contribution in [0.1, 0.15) is 72.1 Å². The van der Waals surface area contributed by atoms with Gasteiger partial charge < -0.3 is 4.74 Å². The van der Waals surface area contributed by atoms with Crippen molar-refractivity contribution in [2.45, 2.75) is 72.1 Å². The maximum absolute atomic E-state index is 11.4. The molecule has 0 aliphatic heterocycles. The van der Waals surface area contributed by atoms with E-state index >= 15 is 0 Å². The summed E-state index contributed by atoms with van der Waals surface area (Å²) < 4.78 is 5.32. The Morgan fingerprint density at radius 3 is 2.30 bits per heavy atom. The lowest BCUT2D eigenvalue weighted by Gasteiger charge is -2.30. The highest BCUT2D eigenvalue weighted by atomic mass is 16.5. The monoisotopic (exact) mass is 280 g/mol. The summed E-state index contributed by atoms with van der Waals surface area (Å²) in [5.41, 5.74) is 0.500. The predicted octanol–water partition coefficient (Wildman–Crippen LogP) is 5.13. The van der Waals surface area contributed by atoms with E-state index in [-0.39, 0.29) is 5.97 Å². The van der Waals surface area contributed by atoms with E-state index in [0.717, 1.165) is 18.3 Å². The van der Waals surface area contributed by atoms with Crippen LogP contribution in [-0.2, 0) is 9.53 Å². The molecule has 1 saturated carbocycles. The number of carbonyl (C=O) groups excluding carboxylic acids is 1. The second-order valence-electron chi connectivity index (χ2n) is 6.56. The average Bonchev–Trinajstić information content (AvgIpc) is 2.45. The molecule has 0 radical (unpaired) electrons. The highest BCUT2D eigenvalue weighted by molar-refractivity contribution is 5.86. The number of esters is 1. The molecule has 0 spiro atoms. The second kappa shape index (κ2) is 9.20. The number of hydrogen-bond acceptors (Lipinski definition) is 2. The summed E-state index contributed by atoms with van der Waals surface area (Å²) in [7, 11) is 0. The fraction of sp³-hybridized carbons (Fsp3) is 0.833. The Bertz CT molecular complexity index is 301. The van der Waals surface area contributed by atoms with E-state index < -0.39 is 0 Å². The van der Waals surface area contributed by atoms with Crippen molar-refractivity contribution in [3.63, 3.8) is 0 Å². The SMILES string of the molecule is C=C(C)C(=O)OCC(CC)CC1CCC(CCC)CC1. The molecule has 1 atom stereocenters. The van der Waals surface area contributed by atoms with Crippen LogP contribution < -0.4 is 0 Å². The topological polar surface area (TPSA) is 26.3 Å². The normalized spacial score (nSPS) is 24.1. The number of rotatable bonds is 8. The first-order valence-corrected chi connectivity index (χ1v) is 8.39. The van der Waals surface area contributed by atoms with E-state index in [4.69, 9.17) is 4.74 Å². The van der Waals surface area contributed by atoms with Gasteiger partial charge in [-0.15, -0.1) is 0 Å². The Morgan fingerprint density at radius 2 is 1.80 bits per heavy atom. The average molecular weight is 280 g/mol. The molecule has 1 unspecified atom stereocenters. The third kappa shape index (κ3) is 6.11. The summed E-state index contributed by atoms with van der Waals surface area (Å²) in [6.07, 6.45) is 10.6. The van der Waals surface area contributed by atoms with E-state index in [2.05, 4.69) is 20.4 Å². The molecule has 0 aromatic rings. The molecule has 0 amide bonds. The standard InChI is InChI=1S/C18H32O2/c1-5-7-16-8-10-17(11-9-16)12-15(6-2)13-20-18(19)14(3)4/h15-17H,3,5-13H2,1-2,4H3. The molecule has 0 aromatic carbocycles. The number of hydrogen-bond donors (Lipinski definition) is 0. The summed E-state index contributed by atoms with van der Waals surface area (Å²) >= 11 is 0. The van der Waals surface area contributed by atoms with Crippen LogP contribution in [-0.4, -0.2) is 12.6 Å². The van der Waals surface area contributed by atoms with Gasteiger partial charge in [-0.2, -0.15) is 0 Å². The van der Waals surface area contributed by atoms with Crippen LogP contribution in [0.5, 0.6) is 0 Å². The van der Waals surface area contributed by atoms with E-state index in [1.807, 2.05) is 0 Å². The van der Waals surface area contributed by atoms with Gasteiger partial charge in [-0.3, -0.25) is 0 Å². The van der Waals surface area contributed by atoms with Crippen LogP contribution in [0.4, 0.5) is 0 Å². The third-order valence-electron chi connectivity index (χ3n) is 4.71. The molecule has 20 heavy (non-hydrogen) atoms. The smallest absolute Gasteiger partial charge is 0.333 e. The van der Waals surface area contributed by atoms with Gasteiger partial charge >= 0.3 is 5.97 Å².